The van der Waals surface area contributed by atoms with Gasteiger partial charge in [0.2, 0.25) is 5.91 Å². The lowest BCUT2D eigenvalue weighted by atomic mass is 10.2. The Balaban J connectivity index is 1.71. The Labute approximate surface area is 173 Å². The molecule has 1 saturated carbocycles. The molecule has 1 aliphatic carbocycles. The molecule has 8 heteroatoms. The summed E-state index contributed by atoms with van der Waals surface area (Å²) in [5, 5.41) is 0. The van der Waals surface area contributed by atoms with Crippen LogP contribution in [0.2, 0.25) is 0 Å². The number of nitrogens with zero attached hydrogens (tertiary/aromatic N) is 1. The molecule has 0 aromatic heterocycles. The van der Waals surface area contributed by atoms with Crippen LogP contribution in [0, 0.1) is 12.8 Å². The molecule has 0 radical (unpaired) electrons. The maximum atomic E-state index is 13.1. The van der Waals surface area contributed by atoms with Crippen LogP contribution in [-0.4, -0.2) is 28.0 Å². The number of rotatable bonds is 5. The highest BCUT2D eigenvalue weighted by Crippen LogP contribution is 2.40. The van der Waals surface area contributed by atoms with Gasteiger partial charge >= 0.3 is 0 Å². The number of nitrogens with one attached hydrogen (secondary N) is 1. The summed E-state index contributed by atoms with van der Waals surface area (Å²) >= 11 is 3.39. The number of methoxy groups -OCH3 is 1. The van der Waals surface area contributed by atoms with Crippen molar-refractivity contribution < 1.29 is 17.9 Å². The van der Waals surface area contributed by atoms with Gasteiger partial charge in [-0.2, -0.15) is 0 Å². The number of sulfonamides is 1. The number of aryl methyl sites for hydroxylation is 1. The fourth-order valence-electron chi connectivity index (χ4n) is 3.47. The van der Waals surface area contributed by atoms with E-state index in [4.69, 9.17) is 4.74 Å². The highest BCUT2D eigenvalue weighted by molar-refractivity contribution is 9.10. The Morgan fingerprint density at radius 1 is 1.25 bits per heavy atom. The van der Waals surface area contributed by atoms with Gasteiger partial charge in [0.25, 0.3) is 10.0 Å². The van der Waals surface area contributed by atoms with Gasteiger partial charge < -0.3 is 9.64 Å². The summed E-state index contributed by atoms with van der Waals surface area (Å²) in [6.45, 7) is 2.48. The van der Waals surface area contributed by atoms with Crippen molar-refractivity contribution in [3.05, 3.63) is 45.9 Å². The minimum Gasteiger partial charge on any atom is -0.495 e. The maximum absolute atomic E-state index is 13.1. The van der Waals surface area contributed by atoms with E-state index >= 15 is 0 Å². The van der Waals surface area contributed by atoms with Crippen molar-refractivity contribution in [1.29, 1.82) is 0 Å². The van der Waals surface area contributed by atoms with Crippen LogP contribution < -0.4 is 14.4 Å². The van der Waals surface area contributed by atoms with Gasteiger partial charge in [0, 0.05) is 22.6 Å². The molecule has 2 aromatic rings. The summed E-state index contributed by atoms with van der Waals surface area (Å²) in [4.78, 5) is 14.4. The van der Waals surface area contributed by atoms with Crippen molar-refractivity contribution in [2.75, 3.05) is 23.3 Å². The zero-order valence-corrected chi connectivity index (χ0v) is 18.1. The Morgan fingerprint density at radius 2 is 2.00 bits per heavy atom. The van der Waals surface area contributed by atoms with Crippen LogP contribution in [0.4, 0.5) is 11.4 Å². The normalized spacial score (nSPS) is 16.0. The third kappa shape index (κ3) is 3.51. The topological polar surface area (TPSA) is 75.7 Å². The minimum absolute atomic E-state index is 0.0873. The number of anilines is 2. The van der Waals surface area contributed by atoms with Gasteiger partial charge in [0.1, 0.15) is 10.6 Å². The first-order chi connectivity index (χ1) is 13.3. The first kappa shape index (κ1) is 19.3. The summed E-state index contributed by atoms with van der Waals surface area (Å²) in [7, 11) is -2.39. The zero-order chi connectivity index (χ0) is 20.1. The van der Waals surface area contributed by atoms with Gasteiger partial charge in [0.15, 0.2) is 0 Å². The molecule has 28 heavy (non-hydrogen) atoms. The molecule has 1 amide bonds. The van der Waals surface area contributed by atoms with E-state index in [1.807, 2.05) is 13.0 Å². The molecule has 0 spiro atoms. The maximum Gasteiger partial charge on any atom is 0.263 e. The Morgan fingerprint density at radius 3 is 2.68 bits per heavy atom. The fraction of sp³-hybridized carbons (Fsp3) is 0.350. The number of hydrogen-bond acceptors (Lipinski definition) is 4. The molecule has 2 aliphatic rings. The van der Waals surface area contributed by atoms with E-state index in [1.165, 1.54) is 7.11 Å². The van der Waals surface area contributed by atoms with Crippen molar-refractivity contribution in [3.63, 3.8) is 0 Å². The number of benzene rings is 2. The van der Waals surface area contributed by atoms with Crippen molar-refractivity contribution >= 4 is 43.2 Å². The first-order valence-electron chi connectivity index (χ1n) is 9.11. The summed E-state index contributed by atoms with van der Waals surface area (Å²) < 4.78 is 34.6. The second-order valence-electron chi connectivity index (χ2n) is 7.23. The molecule has 148 valence electrons. The number of fused-ring (bicyclic) bond motifs is 1. The lowest BCUT2D eigenvalue weighted by Gasteiger charge is -2.19. The molecule has 4 rings (SSSR count). The van der Waals surface area contributed by atoms with E-state index in [1.54, 1.807) is 29.2 Å². The molecule has 1 N–H and O–H groups in total. The van der Waals surface area contributed by atoms with Crippen LogP contribution >= 0.6 is 15.9 Å². The first-order valence-corrected chi connectivity index (χ1v) is 11.4. The number of amides is 1. The van der Waals surface area contributed by atoms with Gasteiger partial charge in [-0.3, -0.25) is 9.52 Å². The summed E-state index contributed by atoms with van der Waals surface area (Å²) in [6.07, 6.45) is 2.56. The molecule has 0 atom stereocenters. The fourth-order valence-corrected chi connectivity index (χ4v) is 5.65. The van der Waals surface area contributed by atoms with E-state index in [9.17, 15) is 13.2 Å². The molecular weight excluding hydrogens is 444 g/mol. The van der Waals surface area contributed by atoms with Gasteiger partial charge in [-0.05, 0) is 77.5 Å². The lowest BCUT2D eigenvalue weighted by molar-refractivity contribution is -0.119. The third-order valence-electron chi connectivity index (χ3n) is 5.11. The van der Waals surface area contributed by atoms with Crippen LogP contribution in [0.25, 0.3) is 0 Å². The molecule has 0 saturated heterocycles. The molecule has 2 aromatic carbocycles. The van der Waals surface area contributed by atoms with Crippen LogP contribution in [0.15, 0.2) is 39.7 Å². The van der Waals surface area contributed by atoms with Crippen molar-refractivity contribution in [2.45, 2.75) is 31.1 Å². The molecule has 0 bridgehead atoms. The van der Waals surface area contributed by atoms with E-state index in [-0.39, 0.29) is 16.7 Å². The number of halogens is 1. The molecule has 1 fully saturated rings. The van der Waals surface area contributed by atoms with Crippen molar-refractivity contribution in [1.82, 2.24) is 0 Å². The van der Waals surface area contributed by atoms with Gasteiger partial charge in [0.05, 0.1) is 12.8 Å². The smallest absolute Gasteiger partial charge is 0.263 e. The van der Waals surface area contributed by atoms with Crippen LogP contribution in [0.3, 0.4) is 0 Å². The predicted octanol–water partition coefficient (Wildman–Crippen LogP) is 3.87. The second kappa shape index (κ2) is 7.08. The second-order valence-corrected chi connectivity index (χ2v) is 9.74. The molecule has 0 unspecified atom stereocenters. The predicted molar refractivity (Wildman–Crippen MR) is 111 cm³/mol. The number of ether oxygens (including phenoxy) is 1. The lowest BCUT2D eigenvalue weighted by Crippen LogP contribution is -2.30. The largest absolute Gasteiger partial charge is 0.495 e. The van der Waals surface area contributed by atoms with E-state index < -0.39 is 10.0 Å². The number of carbonyl (C=O) groups excluding carboxylic acids is 1. The van der Waals surface area contributed by atoms with E-state index in [0.717, 1.165) is 30.4 Å². The molecule has 1 heterocycles. The summed E-state index contributed by atoms with van der Waals surface area (Å²) in [5.74, 6) is 0.624. The SMILES string of the molecule is COc1ccc(C)cc1NS(=O)(=O)c1cc2c(cc1Br)CCN2C(=O)C1CC1. The van der Waals surface area contributed by atoms with Crippen LogP contribution in [0.1, 0.15) is 24.0 Å². The highest BCUT2D eigenvalue weighted by atomic mass is 79.9. The summed E-state index contributed by atoms with van der Waals surface area (Å²) in [5.41, 5.74) is 2.96. The number of carbonyl (C=O) groups is 1. The van der Waals surface area contributed by atoms with Gasteiger partial charge in [-0.1, -0.05) is 6.07 Å². The highest BCUT2D eigenvalue weighted by Gasteiger charge is 2.37. The van der Waals surface area contributed by atoms with Gasteiger partial charge in [-0.25, -0.2) is 8.42 Å². The standard InChI is InChI=1S/C20H21BrN2O4S/c1-12-3-6-18(27-2)16(9-12)22-28(25,26)19-11-17-14(10-15(19)21)7-8-23(17)20(24)13-4-5-13/h3,6,9-11,13,22H,4-5,7-8H2,1-2H3. The Bertz CT molecular complexity index is 1060. The molecule has 1 aliphatic heterocycles. The van der Waals surface area contributed by atoms with E-state index in [2.05, 4.69) is 20.7 Å². The quantitative estimate of drug-likeness (QED) is 0.728. The third-order valence-corrected chi connectivity index (χ3v) is 7.43. The van der Waals surface area contributed by atoms with Crippen molar-refractivity contribution in [3.8, 4) is 5.75 Å². The molecular formula is C20H21BrN2O4S. The average Bonchev–Trinajstić information content (AvgIpc) is 3.41. The number of hydrogen-bond donors (Lipinski definition) is 1. The Kier molecular flexibility index (Phi) is 4.87. The van der Waals surface area contributed by atoms with E-state index in [0.29, 0.717) is 28.1 Å². The average molecular weight is 465 g/mol. The summed E-state index contributed by atoms with van der Waals surface area (Å²) in [6, 6.07) is 8.69. The molecule has 6 nitrogen and oxygen atoms in total. The zero-order valence-electron chi connectivity index (χ0n) is 15.7. The van der Waals surface area contributed by atoms with Gasteiger partial charge in [-0.15, -0.1) is 0 Å². The monoisotopic (exact) mass is 464 g/mol. The Hall–Kier alpha value is -2.06. The minimum atomic E-state index is -3.88. The van der Waals surface area contributed by atoms with Crippen LogP contribution in [0.5, 0.6) is 5.75 Å². The van der Waals surface area contributed by atoms with Crippen LogP contribution in [-0.2, 0) is 21.2 Å². The van der Waals surface area contributed by atoms with Crippen molar-refractivity contribution in [2.24, 2.45) is 5.92 Å².